The van der Waals surface area contributed by atoms with Gasteiger partial charge in [-0.1, -0.05) is 28.1 Å². The van der Waals surface area contributed by atoms with Gasteiger partial charge in [0.25, 0.3) is 0 Å². The maximum absolute atomic E-state index is 11.2. The molecule has 0 saturated heterocycles. The Hall–Kier alpha value is -1.95. The minimum atomic E-state index is -1.06. The average Bonchev–Trinajstić information content (AvgIpc) is 2.40. The Bertz CT molecular complexity index is 673. The Kier molecular flexibility index (Phi) is 4.34. The minimum Gasteiger partial charge on any atom is -0.480 e. The van der Waals surface area contributed by atoms with Gasteiger partial charge in [-0.25, -0.2) is 4.79 Å². The average molecular weight is 337 g/mol. The Morgan fingerprint density at radius 2 is 2.15 bits per heavy atom. The van der Waals surface area contributed by atoms with Crippen molar-refractivity contribution >= 4 is 38.7 Å². The van der Waals surface area contributed by atoms with E-state index in [0.29, 0.717) is 0 Å². The maximum atomic E-state index is 11.2. The first-order valence-electron chi connectivity index (χ1n) is 6.01. The maximum Gasteiger partial charge on any atom is 0.326 e. The van der Waals surface area contributed by atoms with Crippen molar-refractivity contribution in [2.75, 3.05) is 0 Å². The lowest BCUT2D eigenvalue weighted by molar-refractivity contribution is -0.141. The van der Waals surface area contributed by atoms with Crippen molar-refractivity contribution in [1.29, 1.82) is 0 Å². The van der Waals surface area contributed by atoms with E-state index in [9.17, 15) is 9.59 Å². The van der Waals surface area contributed by atoms with Crippen LogP contribution in [0.5, 0.6) is 0 Å². The number of aliphatic carboxylic acids is 1. The lowest BCUT2D eigenvalue weighted by Gasteiger charge is -2.14. The van der Waals surface area contributed by atoms with Gasteiger partial charge in [-0.2, -0.15) is 0 Å². The van der Waals surface area contributed by atoms with Crippen molar-refractivity contribution in [3.8, 4) is 0 Å². The molecule has 0 aliphatic heterocycles. The first kappa shape index (κ1) is 14.5. The number of pyridine rings is 1. The third kappa shape index (κ3) is 3.14. The summed E-state index contributed by atoms with van der Waals surface area (Å²) in [4.78, 5) is 26.6. The fraction of sp³-hybridized carbons (Fsp3) is 0.214. The van der Waals surface area contributed by atoms with Crippen LogP contribution in [-0.4, -0.2) is 28.0 Å². The van der Waals surface area contributed by atoms with Gasteiger partial charge < -0.3 is 10.4 Å². The topological polar surface area (TPSA) is 79.3 Å². The fourth-order valence-corrected chi connectivity index (χ4v) is 2.48. The van der Waals surface area contributed by atoms with Gasteiger partial charge in [0, 0.05) is 29.4 Å². The van der Waals surface area contributed by atoms with Crippen LogP contribution in [0.2, 0.25) is 0 Å². The van der Waals surface area contributed by atoms with Gasteiger partial charge in [0.05, 0.1) is 5.52 Å². The molecule has 0 saturated carbocycles. The third-order valence-electron chi connectivity index (χ3n) is 2.90. The van der Waals surface area contributed by atoms with Gasteiger partial charge >= 0.3 is 5.97 Å². The predicted molar refractivity (Wildman–Crippen MR) is 78.4 cm³/mol. The summed E-state index contributed by atoms with van der Waals surface area (Å²) >= 11 is 3.44. The summed E-state index contributed by atoms with van der Waals surface area (Å²) in [5.74, 6) is -1.43. The molecule has 0 bridgehead atoms. The molecule has 0 radical (unpaired) electrons. The molecule has 1 unspecified atom stereocenters. The number of carboxylic acids is 1. The van der Waals surface area contributed by atoms with Crippen LogP contribution in [0.3, 0.4) is 0 Å². The summed E-state index contributed by atoms with van der Waals surface area (Å²) in [5, 5.41) is 12.5. The summed E-state index contributed by atoms with van der Waals surface area (Å²) in [7, 11) is 0. The predicted octanol–water partition coefficient (Wildman–Crippen LogP) is 2.13. The SMILES string of the molecule is CC(=O)NC(Cc1ccc(Br)c2cccnc12)C(=O)O. The minimum absolute atomic E-state index is 0.190. The zero-order valence-electron chi connectivity index (χ0n) is 10.8. The number of aromatic nitrogens is 1. The number of carboxylic acid groups (broad SMARTS) is 1. The van der Waals surface area contributed by atoms with Gasteiger partial charge in [0.2, 0.25) is 5.91 Å². The van der Waals surface area contributed by atoms with E-state index in [1.165, 1.54) is 6.92 Å². The largest absolute Gasteiger partial charge is 0.480 e. The Morgan fingerprint density at radius 3 is 2.80 bits per heavy atom. The highest BCUT2D eigenvalue weighted by Crippen LogP contribution is 2.25. The molecule has 1 aromatic carbocycles. The molecule has 1 amide bonds. The van der Waals surface area contributed by atoms with Crippen LogP contribution >= 0.6 is 15.9 Å². The van der Waals surface area contributed by atoms with Crippen LogP contribution < -0.4 is 5.32 Å². The van der Waals surface area contributed by atoms with Crippen LogP contribution in [0.1, 0.15) is 12.5 Å². The molecule has 20 heavy (non-hydrogen) atoms. The molecule has 0 spiro atoms. The fourth-order valence-electron chi connectivity index (χ4n) is 2.03. The quantitative estimate of drug-likeness (QED) is 0.896. The van der Waals surface area contributed by atoms with E-state index in [2.05, 4.69) is 26.2 Å². The lowest BCUT2D eigenvalue weighted by atomic mass is 10.0. The second-order valence-electron chi connectivity index (χ2n) is 4.40. The molecule has 1 atom stereocenters. The zero-order valence-corrected chi connectivity index (χ0v) is 12.3. The Labute approximate surface area is 124 Å². The third-order valence-corrected chi connectivity index (χ3v) is 3.59. The van der Waals surface area contributed by atoms with E-state index in [0.717, 1.165) is 20.9 Å². The van der Waals surface area contributed by atoms with Gasteiger partial charge in [-0.15, -0.1) is 0 Å². The Morgan fingerprint density at radius 1 is 1.40 bits per heavy atom. The summed E-state index contributed by atoms with van der Waals surface area (Å²) in [6, 6.07) is 6.44. The number of hydrogen-bond donors (Lipinski definition) is 2. The number of carbonyl (C=O) groups excluding carboxylic acids is 1. The first-order valence-corrected chi connectivity index (χ1v) is 6.80. The molecule has 0 fully saturated rings. The van der Waals surface area contributed by atoms with Crippen LogP contribution in [-0.2, 0) is 16.0 Å². The second kappa shape index (κ2) is 6.00. The number of rotatable bonds is 4. The van der Waals surface area contributed by atoms with E-state index in [1.807, 2.05) is 24.3 Å². The lowest BCUT2D eigenvalue weighted by Crippen LogP contribution is -2.41. The van der Waals surface area contributed by atoms with Crippen molar-refractivity contribution < 1.29 is 14.7 Å². The van der Waals surface area contributed by atoms with Crippen LogP contribution in [0.4, 0.5) is 0 Å². The highest BCUT2D eigenvalue weighted by Gasteiger charge is 2.20. The summed E-state index contributed by atoms with van der Waals surface area (Å²) in [6.45, 7) is 1.30. The molecule has 5 nitrogen and oxygen atoms in total. The normalized spacial score (nSPS) is 12.1. The van der Waals surface area contributed by atoms with E-state index in [4.69, 9.17) is 5.11 Å². The van der Waals surface area contributed by atoms with Gasteiger partial charge in [-0.05, 0) is 17.7 Å². The van der Waals surface area contributed by atoms with Crippen LogP contribution in [0.15, 0.2) is 34.9 Å². The monoisotopic (exact) mass is 336 g/mol. The van der Waals surface area contributed by atoms with Crippen molar-refractivity contribution in [3.63, 3.8) is 0 Å². The van der Waals surface area contributed by atoms with Crippen LogP contribution in [0, 0.1) is 0 Å². The molecule has 2 aromatic rings. The number of nitrogens with one attached hydrogen (secondary N) is 1. The summed E-state index contributed by atoms with van der Waals surface area (Å²) in [5.41, 5.74) is 1.52. The van der Waals surface area contributed by atoms with E-state index >= 15 is 0 Å². The number of hydrogen-bond acceptors (Lipinski definition) is 3. The summed E-state index contributed by atoms with van der Waals surface area (Å²) < 4.78 is 0.899. The van der Waals surface area contributed by atoms with Crippen molar-refractivity contribution in [3.05, 3.63) is 40.5 Å². The Balaban J connectivity index is 2.40. The van der Waals surface area contributed by atoms with Gasteiger partial charge in [0.15, 0.2) is 0 Å². The van der Waals surface area contributed by atoms with Crippen LogP contribution in [0.25, 0.3) is 10.9 Å². The van der Waals surface area contributed by atoms with E-state index in [-0.39, 0.29) is 12.3 Å². The van der Waals surface area contributed by atoms with Gasteiger partial charge in [-0.3, -0.25) is 9.78 Å². The number of benzene rings is 1. The summed E-state index contributed by atoms with van der Waals surface area (Å²) in [6.07, 6.45) is 1.85. The highest BCUT2D eigenvalue weighted by molar-refractivity contribution is 9.10. The number of nitrogens with zero attached hydrogens (tertiary/aromatic N) is 1. The molecular weight excluding hydrogens is 324 g/mol. The number of carbonyl (C=O) groups is 2. The first-order chi connectivity index (χ1) is 9.49. The standard InChI is InChI=1S/C14H13BrN2O3/c1-8(18)17-12(14(19)20)7-9-4-5-11(15)10-3-2-6-16-13(9)10/h2-6,12H,7H2,1H3,(H,17,18)(H,19,20). The van der Waals surface area contributed by atoms with Gasteiger partial charge in [0.1, 0.15) is 6.04 Å². The zero-order chi connectivity index (χ0) is 14.7. The van der Waals surface area contributed by atoms with Crippen molar-refractivity contribution in [1.82, 2.24) is 10.3 Å². The molecular formula is C14H13BrN2O3. The molecule has 0 aliphatic rings. The molecule has 104 valence electrons. The van der Waals surface area contributed by atoms with Crippen molar-refractivity contribution in [2.45, 2.75) is 19.4 Å². The molecule has 6 heteroatoms. The van der Waals surface area contributed by atoms with Crippen molar-refractivity contribution in [2.24, 2.45) is 0 Å². The molecule has 2 rings (SSSR count). The molecule has 0 aliphatic carbocycles. The smallest absolute Gasteiger partial charge is 0.326 e. The molecule has 2 N–H and O–H groups in total. The molecule has 1 heterocycles. The van der Waals surface area contributed by atoms with E-state index in [1.54, 1.807) is 6.20 Å². The van der Waals surface area contributed by atoms with E-state index < -0.39 is 12.0 Å². The highest BCUT2D eigenvalue weighted by atomic mass is 79.9. The number of fused-ring (bicyclic) bond motifs is 1. The second-order valence-corrected chi connectivity index (χ2v) is 5.26. The number of halogens is 1. The number of amides is 1. The molecule has 1 aromatic heterocycles.